The Morgan fingerprint density at radius 3 is 2.49 bits per heavy atom. The monoisotopic (exact) mass is 489 g/mol. The minimum absolute atomic E-state index is 0.0226. The number of carbonyl (C=O) groups excluding carboxylic acids is 3. The summed E-state index contributed by atoms with van der Waals surface area (Å²) >= 11 is 0. The van der Waals surface area contributed by atoms with Crippen molar-refractivity contribution >= 4 is 17.7 Å². The van der Waals surface area contributed by atoms with Crippen LogP contribution in [0.4, 0.5) is 0 Å². The van der Waals surface area contributed by atoms with Crippen LogP contribution in [0, 0.1) is 11.8 Å². The molecule has 0 saturated carbocycles. The fourth-order valence-corrected chi connectivity index (χ4v) is 6.73. The first-order chi connectivity index (χ1) is 16.7. The van der Waals surface area contributed by atoms with Crippen molar-refractivity contribution in [2.24, 2.45) is 11.8 Å². The van der Waals surface area contributed by atoms with E-state index in [1.807, 2.05) is 13.8 Å². The standard InChI is InChI=1S/C27H43N3O5/c1-7-12-19(5)29(16-9-3)25(34)22-27-14-13-26(10-4,35-27)20(23(32)28(6)15-8-2)21(27)24(33)30(22)17-11-18-31/h8-9,19-22,31H,2-3,7,10-18H2,1,4-6H3/t19?,20-,21+,22?,26+,27?/m1/s1. The van der Waals surface area contributed by atoms with Crippen LogP contribution in [-0.4, -0.2) is 94.1 Å². The van der Waals surface area contributed by atoms with Gasteiger partial charge in [0.05, 0.1) is 17.4 Å². The van der Waals surface area contributed by atoms with Gasteiger partial charge >= 0.3 is 0 Å². The number of aliphatic hydroxyl groups is 1. The van der Waals surface area contributed by atoms with Gasteiger partial charge in [0.1, 0.15) is 11.6 Å². The summed E-state index contributed by atoms with van der Waals surface area (Å²) in [7, 11) is 1.72. The average molecular weight is 490 g/mol. The maximum absolute atomic E-state index is 14.2. The molecule has 0 aromatic carbocycles. The lowest BCUT2D eigenvalue weighted by molar-refractivity contribution is -0.155. The lowest BCUT2D eigenvalue weighted by atomic mass is 9.64. The minimum atomic E-state index is -1.04. The van der Waals surface area contributed by atoms with Crippen LogP contribution in [0.15, 0.2) is 25.3 Å². The molecule has 3 saturated heterocycles. The summed E-state index contributed by atoms with van der Waals surface area (Å²) in [4.78, 5) is 46.9. The van der Waals surface area contributed by atoms with Crippen molar-refractivity contribution in [3.63, 3.8) is 0 Å². The fraction of sp³-hybridized carbons (Fsp3) is 0.741. The van der Waals surface area contributed by atoms with Gasteiger partial charge in [-0.15, -0.1) is 13.2 Å². The number of nitrogens with zero attached hydrogens (tertiary/aromatic N) is 3. The van der Waals surface area contributed by atoms with Crippen molar-refractivity contribution in [1.82, 2.24) is 14.7 Å². The van der Waals surface area contributed by atoms with Gasteiger partial charge < -0.3 is 24.5 Å². The van der Waals surface area contributed by atoms with E-state index in [9.17, 15) is 19.5 Å². The first-order valence-electron chi connectivity index (χ1n) is 13.1. The van der Waals surface area contributed by atoms with Crippen LogP contribution in [0.5, 0.6) is 0 Å². The summed E-state index contributed by atoms with van der Waals surface area (Å²) in [5.74, 6) is -1.85. The van der Waals surface area contributed by atoms with Crippen molar-refractivity contribution in [3.05, 3.63) is 25.3 Å². The Hall–Kier alpha value is -2.19. The van der Waals surface area contributed by atoms with Crippen molar-refractivity contribution in [3.8, 4) is 0 Å². The Morgan fingerprint density at radius 2 is 1.91 bits per heavy atom. The Kier molecular flexibility index (Phi) is 8.48. The van der Waals surface area contributed by atoms with E-state index in [4.69, 9.17) is 4.74 Å². The average Bonchev–Trinajstić information content (AvgIpc) is 3.44. The molecule has 3 aliphatic rings. The number of hydrogen-bond acceptors (Lipinski definition) is 5. The SMILES string of the molecule is C=CCN(C)C(=O)[C@H]1[C@H]2C(=O)N(CCCO)C(C(=O)N(CC=C)C(C)CCC)C23CC[C@]1(CC)O3. The number of likely N-dealkylation sites (tertiary alicyclic amines) is 1. The summed E-state index contributed by atoms with van der Waals surface area (Å²) in [6, 6.07) is -0.840. The Labute approximate surface area is 210 Å². The first kappa shape index (κ1) is 27.4. The third kappa shape index (κ3) is 4.33. The second kappa shape index (κ2) is 10.8. The molecule has 3 rings (SSSR count). The van der Waals surface area contributed by atoms with E-state index >= 15 is 0 Å². The molecule has 0 aliphatic carbocycles. The van der Waals surface area contributed by atoms with E-state index in [1.54, 1.807) is 33.9 Å². The zero-order valence-electron chi connectivity index (χ0n) is 21.9. The van der Waals surface area contributed by atoms with Crippen LogP contribution < -0.4 is 0 Å². The maximum Gasteiger partial charge on any atom is 0.248 e. The highest BCUT2D eigenvalue weighted by atomic mass is 16.5. The number of ether oxygens (including phenoxy) is 1. The molecule has 8 nitrogen and oxygen atoms in total. The molecule has 1 spiro atoms. The third-order valence-electron chi connectivity index (χ3n) is 8.36. The minimum Gasteiger partial charge on any atom is -0.396 e. The molecule has 3 aliphatic heterocycles. The molecule has 0 radical (unpaired) electrons. The zero-order valence-corrected chi connectivity index (χ0v) is 21.9. The van der Waals surface area contributed by atoms with E-state index < -0.39 is 29.1 Å². The highest BCUT2D eigenvalue weighted by Crippen LogP contribution is 2.64. The highest BCUT2D eigenvalue weighted by Gasteiger charge is 2.78. The number of rotatable bonds is 13. The van der Waals surface area contributed by atoms with Crippen LogP contribution in [0.1, 0.15) is 59.3 Å². The highest BCUT2D eigenvalue weighted by molar-refractivity contribution is 5.99. The number of aliphatic hydroxyl groups excluding tert-OH is 1. The predicted octanol–water partition coefficient (Wildman–Crippen LogP) is 2.37. The molecule has 1 N–H and O–H groups in total. The summed E-state index contributed by atoms with van der Waals surface area (Å²) in [6.45, 7) is 14.6. The molecule has 196 valence electrons. The molecule has 3 unspecified atom stereocenters. The lowest BCUT2D eigenvalue weighted by Gasteiger charge is -2.39. The van der Waals surface area contributed by atoms with E-state index in [-0.39, 0.29) is 36.9 Å². The number of carbonyl (C=O) groups is 3. The van der Waals surface area contributed by atoms with Crippen LogP contribution in [0.25, 0.3) is 0 Å². The smallest absolute Gasteiger partial charge is 0.248 e. The Morgan fingerprint density at radius 1 is 1.23 bits per heavy atom. The van der Waals surface area contributed by atoms with Crippen molar-refractivity contribution in [2.45, 2.75) is 82.6 Å². The second-order valence-electron chi connectivity index (χ2n) is 10.4. The fourth-order valence-electron chi connectivity index (χ4n) is 6.73. The van der Waals surface area contributed by atoms with E-state index in [2.05, 4.69) is 20.1 Å². The van der Waals surface area contributed by atoms with E-state index in [0.29, 0.717) is 38.8 Å². The summed E-state index contributed by atoms with van der Waals surface area (Å²) in [5, 5.41) is 9.53. The number of fused-ring (bicyclic) bond motifs is 1. The molecule has 2 bridgehead atoms. The van der Waals surface area contributed by atoms with Crippen molar-refractivity contribution in [2.75, 3.05) is 33.3 Å². The maximum atomic E-state index is 14.2. The third-order valence-corrected chi connectivity index (χ3v) is 8.36. The van der Waals surface area contributed by atoms with Gasteiger partial charge in [0.2, 0.25) is 17.7 Å². The molecule has 35 heavy (non-hydrogen) atoms. The normalized spacial score (nSPS) is 31.9. The van der Waals surface area contributed by atoms with Gasteiger partial charge in [0, 0.05) is 39.3 Å². The molecule has 3 heterocycles. The quantitative estimate of drug-likeness (QED) is 0.401. The van der Waals surface area contributed by atoms with Gasteiger partial charge in [0.25, 0.3) is 0 Å². The summed E-state index contributed by atoms with van der Waals surface area (Å²) in [6.07, 6.45) is 7.28. The predicted molar refractivity (Wildman–Crippen MR) is 134 cm³/mol. The van der Waals surface area contributed by atoms with Crippen LogP contribution in [0.3, 0.4) is 0 Å². The number of hydrogen-bond donors (Lipinski definition) is 1. The van der Waals surface area contributed by atoms with Gasteiger partial charge in [-0.25, -0.2) is 0 Å². The molecule has 3 fully saturated rings. The first-order valence-corrected chi connectivity index (χ1v) is 13.1. The largest absolute Gasteiger partial charge is 0.396 e. The topological polar surface area (TPSA) is 90.4 Å². The van der Waals surface area contributed by atoms with Crippen LogP contribution in [0.2, 0.25) is 0 Å². The van der Waals surface area contributed by atoms with Crippen LogP contribution in [-0.2, 0) is 19.1 Å². The second-order valence-corrected chi connectivity index (χ2v) is 10.4. The van der Waals surface area contributed by atoms with Gasteiger partial charge in [-0.3, -0.25) is 14.4 Å². The van der Waals surface area contributed by atoms with Crippen molar-refractivity contribution in [1.29, 1.82) is 0 Å². The Bertz CT molecular complexity index is 847. The summed E-state index contributed by atoms with van der Waals surface area (Å²) < 4.78 is 6.79. The van der Waals surface area contributed by atoms with Gasteiger partial charge in [-0.05, 0) is 39.0 Å². The van der Waals surface area contributed by atoms with Gasteiger partial charge in [-0.1, -0.05) is 32.4 Å². The molecule has 0 aromatic heterocycles. The van der Waals surface area contributed by atoms with E-state index in [0.717, 1.165) is 12.8 Å². The Balaban J connectivity index is 2.10. The zero-order chi connectivity index (χ0) is 26.0. The van der Waals surface area contributed by atoms with Gasteiger partial charge in [0.15, 0.2) is 0 Å². The van der Waals surface area contributed by atoms with Crippen molar-refractivity contribution < 1.29 is 24.2 Å². The van der Waals surface area contributed by atoms with Crippen LogP contribution >= 0.6 is 0 Å². The molecule has 3 amide bonds. The molecule has 6 atom stereocenters. The number of amides is 3. The molecular formula is C27H43N3O5. The van der Waals surface area contributed by atoms with E-state index in [1.165, 1.54) is 0 Å². The molecule has 0 aromatic rings. The molecular weight excluding hydrogens is 446 g/mol. The molecule has 8 heteroatoms. The number of likely N-dealkylation sites (N-methyl/N-ethyl adjacent to an activating group) is 1. The van der Waals surface area contributed by atoms with Gasteiger partial charge in [-0.2, -0.15) is 0 Å². The lowest BCUT2D eigenvalue weighted by Crippen LogP contribution is -2.58. The summed E-state index contributed by atoms with van der Waals surface area (Å²) in [5.41, 5.74) is -1.80.